The van der Waals surface area contributed by atoms with E-state index < -0.39 is 0 Å². The van der Waals surface area contributed by atoms with Gasteiger partial charge < -0.3 is 10.4 Å². The molecule has 1 amide bonds. The van der Waals surface area contributed by atoms with Crippen LogP contribution in [-0.2, 0) is 0 Å². The second-order valence-corrected chi connectivity index (χ2v) is 6.86. The number of hydrogen-bond acceptors (Lipinski definition) is 3. The second-order valence-electron chi connectivity index (χ2n) is 5.78. The van der Waals surface area contributed by atoms with Gasteiger partial charge in [-0.1, -0.05) is 31.6 Å². The number of amides is 1. The zero-order valence-corrected chi connectivity index (χ0v) is 13.3. The monoisotopic (exact) mass is 305 g/mol. The summed E-state index contributed by atoms with van der Waals surface area (Å²) in [6.45, 7) is 3.17. The molecule has 4 heteroatoms. The van der Waals surface area contributed by atoms with Gasteiger partial charge in [-0.05, 0) is 36.8 Å². The standard InChI is InChI=1S/C17H23NO2S/c1-13-5-7-14(8-6-13)12-18-17(20)16-10-9-15(21-16)4-2-3-11-19/h9-10,13-14,19H,3,5-8,11-12H2,1H3,(H,18,20). The molecule has 1 heterocycles. The number of carbonyl (C=O) groups is 1. The van der Waals surface area contributed by atoms with Gasteiger partial charge in [0.05, 0.1) is 16.4 Å². The normalized spacial score (nSPS) is 21.4. The van der Waals surface area contributed by atoms with Crippen LogP contribution < -0.4 is 5.32 Å². The fourth-order valence-corrected chi connectivity index (χ4v) is 3.39. The summed E-state index contributed by atoms with van der Waals surface area (Å²) in [5.41, 5.74) is 0. The Morgan fingerprint density at radius 2 is 2.14 bits per heavy atom. The molecule has 1 fully saturated rings. The van der Waals surface area contributed by atoms with Gasteiger partial charge in [-0.25, -0.2) is 0 Å². The molecule has 0 atom stereocenters. The van der Waals surface area contributed by atoms with Crippen molar-refractivity contribution in [3.8, 4) is 11.8 Å². The Balaban J connectivity index is 1.79. The number of hydrogen-bond donors (Lipinski definition) is 2. The van der Waals surface area contributed by atoms with E-state index in [4.69, 9.17) is 5.11 Å². The Morgan fingerprint density at radius 1 is 1.38 bits per heavy atom. The van der Waals surface area contributed by atoms with Gasteiger partial charge in [-0.3, -0.25) is 4.79 Å². The minimum atomic E-state index is 0.00818. The first kappa shape index (κ1) is 16.1. The van der Waals surface area contributed by atoms with Crippen molar-refractivity contribution in [1.29, 1.82) is 0 Å². The van der Waals surface area contributed by atoms with Crippen LogP contribution in [0.25, 0.3) is 0 Å². The zero-order chi connectivity index (χ0) is 15.1. The van der Waals surface area contributed by atoms with Gasteiger partial charge in [0.2, 0.25) is 0 Å². The van der Waals surface area contributed by atoms with Crippen molar-refractivity contribution in [2.45, 2.75) is 39.0 Å². The molecule has 0 unspecified atom stereocenters. The summed E-state index contributed by atoms with van der Waals surface area (Å²) in [6, 6.07) is 3.69. The minimum absolute atomic E-state index is 0.00818. The zero-order valence-electron chi connectivity index (χ0n) is 12.5. The first-order valence-electron chi connectivity index (χ1n) is 7.66. The van der Waals surface area contributed by atoms with E-state index in [1.807, 2.05) is 12.1 Å². The van der Waals surface area contributed by atoms with E-state index in [0.717, 1.165) is 17.3 Å². The van der Waals surface area contributed by atoms with Gasteiger partial charge in [0, 0.05) is 13.0 Å². The Labute approximate surface area is 130 Å². The number of aliphatic hydroxyl groups excluding tert-OH is 1. The van der Waals surface area contributed by atoms with Crippen LogP contribution in [0.2, 0.25) is 0 Å². The maximum atomic E-state index is 12.1. The summed E-state index contributed by atoms with van der Waals surface area (Å²) in [7, 11) is 0. The van der Waals surface area contributed by atoms with Crippen LogP contribution in [0, 0.1) is 23.7 Å². The van der Waals surface area contributed by atoms with Crippen molar-refractivity contribution in [3.63, 3.8) is 0 Å². The van der Waals surface area contributed by atoms with E-state index in [0.29, 0.717) is 17.2 Å². The molecule has 114 valence electrons. The van der Waals surface area contributed by atoms with E-state index in [1.165, 1.54) is 37.0 Å². The van der Waals surface area contributed by atoms with Crippen LogP contribution in [0.5, 0.6) is 0 Å². The number of nitrogens with one attached hydrogen (secondary N) is 1. The molecule has 3 nitrogen and oxygen atoms in total. The van der Waals surface area contributed by atoms with E-state index in [1.54, 1.807) is 0 Å². The molecule has 0 saturated heterocycles. The fourth-order valence-electron chi connectivity index (χ4n) is 2.59. The van der Waals surface area contributed by atoms with Crippen LogP contribution in [0.15, 0.2) is 12.1 Å². The molecule has 0 aliphatic heterocycles. The van der Waals surface area contributed by atoms with E-state index >= 15 is 0 Å². The van der Waals surface area contributed by atoms with Crippen LogP contribution in [0.3, 0.4) is 0 Å². The number of rotatable bonds is 4. The maximum absolute atomic E-state index is 12.1. The Morgan fingerprint density at radius 3 is 2.86 bits per heavy atom. The highest BCUT2D eigenvalue weighted by atomic mass is 32.1. The van der Waals surface area contributed by atoms with Gasteiger partial charge in [0.25, 0.3) is 5.91 Å². The lowest BCUT2D eigenvalue weighted by Crippen LogP contribution is -2.30. The first-order chi connectivity index (χ1) is 10.2. The molecule has 1 aromatic rings. The number of carbonyl (C=O) groups excluding carboxylic acids is 1. The van der Waals surface area contributed by atoms with Crippen molar-refractivity contribution < 1.29 is 9.90 Å². The average molecular weight is 305 g/mol. The summed E-state index contributed by atoms with van der Waals surface area (Å²) in [5.74, 6) is 7.31. The summed E-state index contributed by atoms with van der Waals surface area (Å²) < 4.78 is 0. The molecule has 1 saturated carbocycles. The topological polar surface area (TPSA) is 49.3 Å². The van der Waals surface area contributed by atoms with E-state index in [-0.39, 0.29) is 12.5 Å². The average Bonchev–Trinajstić information content (AvgIpc) is 2.96. The first-order valence-corrected chi connectivity index (χ1v) is 8.48. The third kappa shape index (κ3) is 5.18. The summed E-state index contributed by atoms with van der Waals surface area (Å²) in [4.78, 5) is 13.7. The van der Waals surface area contributed by atoms with Crippen molar-refractivity contribution in [1.82, 2.24) is 5.32 Å². The predicted molar refractivity (Wildman–Crippen MR) is 86.4 cm³/mol. The largest absolute Gasteiger partial charge is 0.395 e. The van der Waals surface area contributed by atoms with Gasteiger partial charge in [0.1, 0.15) is 0 Å². The van der Waals surface area contributed by atoms with Crippen molar-refractivity contribution in [3.05, 3.63) is 21.9 Å². The third-order valence-electron chi connectivity index (χ3n) is 3.96. The molecule has 0 aromatic carbocycles. The summed E-state index contributed by atoms with van der Waals surface area (Å²) in [6.07, 6.45) is 5.49. The van der Waals surface area contributed by atoms with Crippen LogP contribution in [0.4, 0.5) is 0 Å². The van der Waals surface area contributed by atoms with Gasteiger partial charge in [-0.2, -0.15) is 0 Å². The molecule has 0 radical (unpaired) electrons. The summed E-state index contributed by atoms with van der Waals surface area (Å²) in [5, 5.41) is 11.7. The van der Waals surface area contributed by atoms with Gasteiger partial charge in [0.15, 0.2) is 0 Å². The molecule has 2 N–H and O–H groups in total. The van der Waals surface area contributed by atoms with E-state index in [2.05, 4.69) is 24.1 Å². The Hall–Kier alpha value is -1.31. The minimum Gasteiger partial charge on any atom is -0.395 e. The molecule has 0 spiro atoms. The number of thiophene rings is 1. The smallest absolute Gasteiger partial charge is 0.261 e. The quantitative estimate of drug-likeness (QED) is 0.840. The fraction of sp³-hybridized carbons (Fsp3) is 0.588. The van der Waals surface area contributed by atoms with Crippen LogP contribution in [0.1, 0.15) is 53.6 Å². The lowest BCUT2D eigenvalue weighted by molar-refractivity contribution is 0.0946. The molecule has 0 bridgehead atoms. The SMILES string of the molecule is CC1CCC(CNC(=O)c2ccc(C#CCCO)s2)CC1. The van der Waals surface area contributed by atoms with E-state index in [9.17, 15) is 4.79 Å². The number of aliphatic hydroxyl groups is 1. The van der Waals surface area contributed by atoms with Gasteiger partial charge in [-0.15, -0.1) is 11.3 Å². The van der Waals surface area contributed by atoms with Crippen molar-refractivity contribution in [2.24, 2.45) is 11.8 Å². The molecule has 1 aliphatic rings. The molecule has 1 aromatic heterocycles. The maximum Gasteiger partial charge on any atom is 0.261 e. The highest BCUT2D eigenvalue weighted by molar-refractivity contribution is 7.14. The molecule has 21 heavy (non-hydrogen) atoms. The Bertz CT molecular complexity index is 518. The third-order valence-corrected chi connectivity index (χ3v) is 4.96. The summed E-state index contributed by atoms with van der Waals surface area (Å²) >= 11 is 1.41. The molecular weight excluding hydrogens is 282 g/mol. The highest BCUT2D eigenvalue weighted by Gasteiger charge is 2.19. The molecule has 1 aliphatic carbocycles. The van der Waals surface area contributed by atoms with Crippen molar-refractivity contribution >= 4 is 17.2 Å². The molecular formula is C17H23NO2S. The Kier molecular flexibility index (Phi) is 6.28. The van der Waals surface area contributed by atoms with Gasteiger partial charge >= 0.3 is 0 Å². The lowest BCUT2D eigenvalue weighted by atomic mass is 9.83. The second kappa shape index (κ2) is 8.21. The van der Waals surface area contributed by atoms with Crippen molar-refractivity contribution in [2.75, 3.05) is 13.2 Å². The van der Waals surface area contributed by atoms with Crippen LogP contribution >= 0.6 is 11.3 Å². The van der Waals surface area contributed by atoms with Crippen LogP contribution in [-0.4, -0.2) is 24.2 Å². The molecule has 2 rings (SSSR count). The lowest BCUT2D eigenvalue weighted by Gasteiger charge is -2.26. The predicted octanol–water partition coefficient (Wildman–Crippen LogP) is 3.04. The highest BCUT2D eigenvalue weighted by Crippen LogP contribution is 2.27.